The number of hydrogen-bond acceptors (Lipinski definition) is 7. The van der Waals surface area contributed by atoms with Gasteiger partial charge in [-0.25, -0.2) is 0 Å². The zero-order valence-corrected chi connectivity index (χ0v) is 13.4. The molecular formula is C16H20N4O4. The number of hydrogen-bond donors (Lipinski definition) is 1. The minimum atomic E-state index is -0.314. The van der Waals surface area contributed by atoms with Crippen LogP contribution < -0.4 is 5.32 Å². The smallest absolute Gasteiger partial charge is 0.241 e. The summed E-state index contributed by atoms with van der Waals surface area (Å²) in [6.07, 6.45) is 3.70. The molecule has 2 saturated heterocycles. The van der Waals surface area contributed by atoms with Gasteiger partial charge >= 0.3 is 0 Å². The van der Waals surface area contributed by atoms with Crippen LogP contribution in [-0.2, 0) is 16.1 Å². The second kappa shape index (κ2) is 6.37. The molecule has 24 heavy (non-hydrogen) atoms. The second-order valence-corrected chi connectivity index (χ2v) is 6.32. The third-order valence-electron chi connectivity index (χ3n) is 4.65. The average molecular weight is 332 g/mol. The Morgan fingerprint density at radius 1 is 1.33 bits per heavy atom. The number of rotatable bonds is 3. The normalized spacial score (nSPS) is 21.6. The number of furan rings is 1. The zero-order valence-electron chi connectivity index (χ0n) is 13.4. The van der Waals surface area contributed by atoms with E-state index in [1.165, 1.54) is 0 Å². The molecule has 0 aliphatic carbocycles. The van der Waals surface area contributed by atoms with E-state index in [1.807, 2.05) is 0 Å². The van der Waals surface area contributed by atoms with Crippen LogP contribution in [0, 0.1) is 0 Å². The molecule has 128 valence electrons. The minimum Gasteiger partial charge on any atom is -0.461 e. The van der Waals surface area contributed by atoms with E-state index in [0.29, 0.717) is 43.6 Å². The maximum Gasteiger partial charge on any atom is 0.241 e. The van der Waals surface area contributed by atoms with Crippen LogP contribution in [0.1, 0.15) is 25.2 Å². The van der Waals surface area contributed by atoms with Crippen molar-refractivity contribution in [1.29, 1.82) is 0 Å². The predicted octanol–water partition coefficient (Wildman–Crippen LogP) is 1.20. The number of nitrogens with zero attached hydrogens (tertiary/aromatic N) is 3. The highest BCUT2D eigenvalue weighted by Gasteiger charge is 2.39. The fourth-order valence-corrected chi connectivity index (χ4v) is 3.32. The molecule has 2 aliphatic heterocycles. The van der Waals surface area contributed by atoms with Crippen molar-refractivity contribution in [2.75, 3.05) is 26.2 Å². The number of aromatic nitrogens is 2. The lowest BCUT2D eigenvalue weighted by Gasteiger charge is -2.39. The minimum absolute atomic E-state index is 0.0842. The number of amides is 1. The molecule has 1 amide bonds. The molecule has 1 N–H and O–H groups in total. The van der Waals surface area contributed by atoms with E-state index in [4.69, 9.17) is 13.7 Å². The van der Waals surface area contributed by atoms with Crippen molar-refractivity contribution in [3.05, 3.63) is 24.3 Å². The van der Waals surface area contributed by atoms with Gasteiger partial charge in [-0.05, 0) is 25.0 Å². The first-order valence-electron chi connectivity index (χ1n) is 8.22. The fraction of sp³-hybridized carbons (Fsp3) is 0.562. The van der Waals surface area contributed by atoms with Crippen LogP contribution >= 0.6 is 0 Å². The Bertz CT molecular complexity index is 689. The van der Waals surface area contributed by atoms with Gasteiger partial charge in [0.05, 0.1) is 31.4 Å². The van der Waals surface area contributed by atoms with Crippen molar-refractivity contribution in [3.63, 3.8) is 0 Å². The number of piperidine rings is 1. The third-order valence-corrected chi connectivity index (χ3v) is 4.65. The van der Waals surface area contributed by atoms with Gasteiger partial charge in [-0.1, -0.05) is 5.16 Å². The lowest BCUT2D eigenvalue weighted by Crippen LogP contribution is -2.46. The summed E-state index contributed by atoms with van der Waals surface area (Å²) >= 11 is 0. The molecule has 4 rings (SSSR count). The molecule has 0 unspecified atom stereocenters. The van der Waals surface area contributed by atoms with Crippen molar-refractivity contribution < 1.29 is 18.5 Å². The number of ether oxygens (including phenoxy) is 1. The van der Waals surface area contributed by atoms with Crippen LogP contribution in [0.4, 0.5) is 0 Å². The molecule has 8 nitrogen and oxygen atoms in total. The van der Waals surface area contributed by atoms with Gasteiger partial charge in [0.25, 0.3) is 0 Å². The largest absolute Gasteiger partial charge is 0.461 e. The summed E-state index contributed by atoms with van der Waals surface area (Å²) in [4.78, 5) is 18.4. The van der Waals surface area contributed by atoms with Crippen LogP contribution in [0.2, 0.25) is 0 Å². The molecule has 0 aromatic carbocycles. The number of nitrogens with one attached hydrogen (secondary N) is 1. The molecule has 0 bridgehead atoms. The Morgan fingerprint density at radius 2 is 2.21 bits per heavy atom. The van der Waals surface area contributed by atoms with Crippen LogP contribution in [0.3, 0.4) is 0 Å². The van der Waals surface area contributed by atoms with Crippen LogP contribution in [0.25, 0.3) is 11.6 Å². The highest BCUT2D eigenvalue weighted by atomic mass is 16.5. The van der Waals surface area contributed by atoms with E-state index < -0.39 is 0 Å². The Balaban J connectivity index is 1.35. The van der Waals surface area contributed by atoms with E-state index in [0.717, 1.165) is 25.9 Å². The zero-order chi connectivity index (χ0) is 16.4. The summed E-state index contributed by atoms with van der Waals surface area (Å²) in [5, 5.41) is 6.81. The van der Waals surface area contributed by atoms with Gasteiger partial charge in [-0.3, -0.25) is 9.69 Å². The quantitative estimate of drug-likeness (QED) is 0.902. The van der Waals surface area contributed by atoms with Gasteiger partial charge in [0.15, 0.2) is 5.76 Å². The molecule has 2 aliphatic rings. The Labute approximate surface area is 139 Å². The van der Waals surface area contributed by atoms with E-state index in [9.17, 15) is 4.79 Å². The summed E-state index contributed by atoms with van der Waals surface area (Å²) in [6, 6.07) is 3.59. The van der Waals surface area contributed by atoms with Crippen molar-refractivity contribution in [3.8, 4) is 11.6 Å². The molecule has 4 heterocycles. The lowest BCUT2D eigenvalue weighted by atomic mass is 9.87. The SMILES string of the molecule is O=C1CC2(CCN(Cc3nc(-c4ccco4)no3)CC2)OCCN1. The summed E-state index contributed by atoms with van der Waals surface area (Å²) < 4.78 is 16.6. The van der Waals surface area contributed by atoms with E-state index >= 15 is 0 Å². The van der Waals surface area contributed by atoms with E-state index in [-0.39, 0.29) is 11.5 Å². The maximum atomic E-state index is 11.8. The number of carbonyl (C=O) groups excluding carboxylic acids is 1. The second-order valence-electron chi connectivity index (χ2n) is 6.32. The van der Waals surface area contributed by atoms with Crippen molar-refractivity contribution in [1.82, 2.24) is 20.4 Å². The lowest BCUT2D eigenvalue weighted by molar-refractivity contribution is -0.128. The first-order valence-corrected chi connectivity index (χ1v) is 8.22. The highest BCUT2D eigenvalue weighted by Crippen LogP contribution is 2.31. The van der Waals surface area contributed by atoms with E-state index in [2.05, 4.69) is 20.4 Å². The molecule has 1 spiro atoms. The highest BCUT2D eigenvalue weighted by molar-refractivity contribution is 5.77. The summed E-state index contributed by atoms with van der Waals surface area (Å²) in [5.41, 5.74) is -0.314. The Hall–Kier alpha value is -2.19. The summed E-state index contributed by atoms with van der Waals surface area (Å²) in [7, 11) is 0. The summed E-state index contributed by atoms with van der Waals surface area (Å²) in [5.74, 6) is 1.71. The molecule has 0 atom stereocenters. The molecule has 2 aromatic rings. The molecule has 2 fully saturated rings. The molecular weight excluding hydrogens is 312 g/mol. The van der Waals surface area contributed by atoms with Gasteiger partial charge in [-0.2, -0.15) is 4.98 Å². The average Bonchev–Trinajstić information content (AvgIpc) is 3.22. The first kappa shape index (κ1) is 15.3. The van der Waals surface area contributed by atoms with Gasteiger partial charge < -0.3 is 19.0 Å². The predicted molar refractivity (Wildman–Crippen MR) is 82.8 cm³/mol. The van der Waals surface area contributed by atoms with Crippen molar-refractivity contribution in [2.24, 2.45) is 0 Å². The number of likely N-dealkylation sites (tertiary alicyclic amines) is 1. The number of carbonyl (C=O) groups is 1. The Kier molecular flexibility index (Phi) is 4.07. The monoisotopic (exact) mass is 332 g/mol. The first-order chi connectivity index (χ1) is 11.7. The van der Waals surface area contributed by atoms with Gasteiger partial charge in [0.2, 0.25) is 17.6 Å². The maximum absolute atomic E-state index is 11.8. The third kappa shape index (κ3) is 3.20. The van der Waals surface area contributed by atoms with Gasteiger partial charge in [0.1, 0.15) is 0 Å². The Morgan fingerprint density at radius 3 is 3.00 bits per heavy atom. The molecule has 0 saturated carbocycles. The van der Waals surface area contributed by atoms with Gasteiger partial charge in [-0.15, -0.1) is 0 Å². The van der Waals surface area contributed by atoms with Crippen molar-refractivity contribution in [2.45, 2.75) is 31.4 Å². The summed E-state index contributed by atoms with van der Waals surface area (Å²) in [6.45, 7) is 3.46. The molecule has 8 heteroatoms. The topological polar surface area (TPSA) is 93.6 Å². The fourth-order valence-electron chi connectivity index (χ4n) is 3.32. The van der Waals surface area contributed by atoms with Crippen LogP contribution in [-0.4, -0.2) is 52.8 Å². The van der Waals surface area contributed by atoms with Crippen LogP contribution in [0.15, 0.2) is 27.3 Å². The standard InChI is InChI=1S/C16H20N4O4/c21-13-10-16(23-9-5-17-13)3-6-20(7-4-16)11-14-18-15(19-24-14)12-2-1-8-22-12/h1-2,8H,3-7,9-11H2,(H,17,21). The van der Waals surface area contributed by atoms with Crippen LogP contribution in [0.5, 0.6) is 0 Å². The molecule has 0 radical (unpaired) electrons. The molecule has 2 aromatic heterocycles. The van der Waals surface area contributed by atoms with Gasteiger partial charge in [0, 0.05) is 19.6 Å². The van der Waals surface area contributed by atoms with Crippen molar-refractivity contribution >= 4 is 5.91 Å². The van der Waals surface area contributed by atoms with E-state index in [1.54, 1.807) is 18.4 Å².